The normalized spacial score (nSPS) is 10.4. The van der Waals surface area contributed by atoms with Crippen LogP contribution in [0.2, 0.25) is 5.02 Å². The van der Waals surface area contributed by atoms with E-state index in [1.54, 1.807) is 11.1 Å². The predicted molar refractivity (Wildman–Crippen MR) is 90.5 cm³/mol. The van der Waals surface area contributed by atoms with Crippen molar-refractivity contribution in [2.45, 2.75) is 6.54 Å². The Hall–Kier alpha value is -2.17. The van der Waals surface area contributed by atoms with Gasteiger partial charge in [0.1, 0.15) is 5.82 Å². The van der Waals surface area contributed by atoms with E-state index in [4.69, 9.17) is 11.6 Å². The highest BCUT2D eigenvalue weighted by molar-refractivity contribution is 7.12. The Labute approximate surface area is 137 Å². The van der Waals surface area contributed by atoms with Gasteiger partial charge < -0.3 is 0 Å². The minimum absolute atomic E-state index is 0.0522. The molecule has 0 aliphatic heterocycles. The molecule has 0 radical (unpaired) electrons. The third-order valence-corrected chi connectivity index (χ3v) is 4.27. The van der Waals surface area contributed by atoms with Gasteiger partial charge in [0, 0.05) is 11.2 Å². The number of anilines is 1. The van der Waals surface area contributed by atoms with Crippen LogP contribution in [0.25, 0.3) is 0 Å². The summed E-state index contributed by atoms with van der Waals surface area (Å²) >= 11 is 7.34. The van der Waals surface area contributed by atoms with Gasteiger partial charge in [0.2, 0.25) is 0 Å². The lowest BCUT2D eigenvalue weighted by Gasteiger charge is -2.21. The van der Waals surface area contributed by atoms with E-state index in [1.165, 1.54) is 11.3 Å². The standard InChI is InChI=1S/C17H13ClN2OS/c18-14-8-6-13(7-9-14)12-20(16-5-1-2-10-19-16)17(21)15-4-3-11-22-15/h1-11H,12H2. The van der Waals surface area contributed by atoms with E-state index in [2.05, 4.69) is 4.98 Å². The average molecular weight is 329 g/mol. The number of halogens is 1. The van der Waals surface area contributed by atoms with Crippen LogP contribution in [0.1, 0.15) is 15.2 Å². The molecule has 0 fully saturated rings. The van der Waals surface area contributed by atoms with Gasteiger partial charge in [-0.15, -0.1) is 11.3 Å². The van der Waals surface area contributed by atoms with E-state index in [0.29, 0.717) is 22.3 Å². The monoisotopic (exact) mass is 328 g/mol. The Morgan fingerprint density at radius 1 is 1.09 bits per heavy atom. The summed E-state index contributed by atoms with van der Waals surface area (Å²) in [6.45, 7) is 0.449. The first kappa shape index (κ1) is 14.8. The number of hydrogen-bond donors (Lipinski definition) is 0. The summed E-state index contributed by atoms with van der Waals surface area (Å²) in [4.78, 5) is 19.4. The van der Waals surface area contributed by atoms with Gasteiger partial charge in [0.25, 0.3) is 5.91 Å². The molecule has 0 saturated heterocycles. The van der Waals surface area contributed by atoms with Crippen LogP contribution in [0.3, 0.4) is 0 Å². The summed E-state index contributed by atoms with van der Waals surface area (Å²) in [7, 11) is 0. The highest BCUT2D eigenvalue weighted by Crippen LogP contribution is 2.21. The molecule has 0 aliphatic rings. The number of rotatable bonds is 4. The molecule has 5 heteroatoms. The number of carbonyl (C=O) groups excluding carboxylic acids is 1. The molecule has 2 heterocycles. The maximum Gasteiger partial charge on any atom is 0.269 e. The Balaban J connectivity index is 1.92. The van der Waals surface area contributed by atoms with Crippen molar-refractivity contribution in [3.8, 4) is 0 Å². The van der Waals surface area contributed by atoms with Crippen molar-refractivity contribution in [1.29, 1.82) is 0 Å². The summed E-state index contributed by atoms with van der Waals surface area (Å²) in [6.07, 6.45) is 1.69. The van der Waals surface area contributed by atoms with Gasteiger partial charge in [0.15, 0.2) is 0 Å². The molecule has 3 aromatic rings. The molecular formula is C17H13ClN2OS. The van der Waals surface area contributed by atoms with Crippen molar-refractivity contribution in [3.63, 3.8) is 0 Å². The Morgan fingerprint density at radius 3 is 2.55 bits per heavy atom. The van der Waals surface area contributed by atoms with E-state index in [-0.39, 0.29) is 5.91 Å². The first-order valence-electron chi connectivity index (χ1n) is 6.75. The maximum atomic E-state index is 12.7. The SMILES string of the molecule is O=C(c1cccs1)N(Cc1ccc(Cl)cc1)c1ccccn1. The number of carbonyl (C=O) groups is 1. The van der Waals surface area contributed by atoms with E-state index in [1.807, 2.05) is 60.0 Å². The summed E-state index contributed by atoms with van der Waals surface area (Å²) < 4.78 is 0. The molecule has 3 nitrogen and oxygen atoms in total. The van der Waals surface area contributed by atoms with Crippen molar-refractivity contribution < 1.29 is 4.79 Å². The van der Waals surface area contributed by atoms with Gasteiger partial charge >= 0.3 is 0 Å². The van der Waals surface area contributed by atoms with Crippen LogP contribution in [0.5, 0.6) is 0 Å². The number of nitrogens with zero attached hydrogens (tertiary/aromatic N) is 2. The number of thiophene rings is 1. The molecule has 0 unspecified atom stereocenters. The molecule has 3 rings (SSSR count). The third-order valence-electron chi connectivity index (χ3n) is 3.16. The molecule has 1 amide bonds. The molecule has 0 spiro atoms. The molecule has 0 saturated carbocycles. The lowest BCUT2D eigenvalue weighted by molar-refractivity contribution is 0.0988. The smallest absolute Gasteiger partial charge is 0.269 e. The van der Waals surface area contributed by atoms with Crippen LogP contribution in [0, 0.1) is 0 Å². The number of amides is 1. The van der Waals surface area contributed by atoms with Gasteiger partial charge in [0.05, 0.1) is 11.4 Å². The van der Waals surface area contributed by atoms with Gasteiger partial charge in [-0.25, -0.2) is 4.98 Å². The maximum absolute atomic E-state index is 12.7. The van der Waals surface area contributed by atoms with Crippen LogP contribution in [0.4, 0.5) is 5.82 Å². The van der Waals surface area contributed by atoms with Crippen LogP contribution in [0.15, 0.2) is 66.2 Å². The van der Waals surface area contributed by atoms with E-state index in [9.17, 15) is 4.79 Å². The second kappa shape index (κ2) is 6.73. The minimum Gasteiger partial charge on any atom is -0.288 e. The zero-order valence-corrected chi connectivity index (χ0v) is 13.2. The van der Waals surface area contributed by atoms with Crippen molar-refractivity contribution >= 4 is 34.7 Å². The van der Waals surface area contributed by atoms with Crippen LogP contribution < -0.4 is 4.90 Å². The largest absolute Gasteiger partial charge is 0.288 e. The molecule has 0 N–H and O–H groups in total. The zero-order chi connectivity index (χ0) is 15.4. The molecule has 1 aromatic carbocycles. The summed E-state index contributed by atoms with van der Waals surface area (Å²) in [6, 6.07) is 16.7. The first-order valence-corrected chi connectivity index (χ1v) is 8.00. The van der Waals surface area contributed by atoms with Gasteiger partial charge in [-0.3, -0.25) is 9.69 Å². The molecule has 0 bridgehead atoms. The summed E-state index contributed by atoms with van der Waals surface area (Å²) in [5.41, 5.74) is 1.000. The zero-order valence-electron chi connectivity index (χ0n) is 11.6. The lowest BCUT2D eigenvalue weighted by Crippen LogP contribution is -2.30. The second-order valence-electron chi connectivity index (χ2n) is 4.68. The number of aromatic nitrogens is 1. The number of hydrogen-bond acceptors (Lipinski definition) is 3. The van der Waals surface area contributed by atoms with Crippen molar-refractivity contribution in [3.05, 3.63) is 81.6 Å². The summed E-state index contributed by atoms with van der Waals surface area (Å²) in [5, 5.41) is 2.57. The van der Waals surface area contributed by atoms with E-state index < -0.39 is 0 Å². The van der Waals surface area contributed by atoms with Crippen LogP contribution >= 0.6 is 22.9 Å². The first-order chi connectivity index (χ1) is 10.7. The van der Waals surface area contributed by atoms with Crippen molar-refractivity contribution in [1.82, 2.24) is 4.98 Å². The Bertz CT molecular complexity index is 742. The fourth-order valence-corrected chi connectivity index (χ4v) is 2.87. The average Bonchev–Trinajstić information content (AvgIpc) is 3.09. The molecule has 2 aromatic heterocycles. The molecular weight excluding hydrogens is 316 g/mol. The fraction of sp³-hybridized carbons (Fsp3) is 0.0588. The predicted octanol–water partition coefficient (Wildman–Crippen LogP) is 4.64. The van der Waals surface area contributed by atoms with E-state index in [0.717, 1.165) is 5.56 Å². The van der Waals surface area contributed by atoms with Gasteiger partial charge in [-0.05, 0) is 41.3 Å². The van der Waals surface area contributed by atoms with Crippen molar-refractivity contribution in [2.24, 2.45) is 0 Å². The minimum atomic E-state index is -0.0522. The van der Waals surface area contributed by atoms with Gasteiger partial charge in [-0.2, -0.15) is 0 Å². The molecule has 0 aliphatic carbocycles. The second-order valence-corrected chi connectivity index (χ2v) is 6.07. The topological polar surface area (TPSA) is 33.2 Å². The van der Waals surface area contributed by atoms with Gasteiger partial charge in [-0.1, -0.05) is 35.9 Å². The Morgan fingerprint density at radius 2 is 1.91 bits per heavy atom. The van der Waals surface area contributed by atoms with Crippen LogP contribution in [-0.4, -0.2) is 10.9 Å². The third kappa shape index (κ3) is 3.35. The quantitative estimate of drug-likeness (QED) is 0.698. The summed E-state index contributed by atoms with van der Waals surface area (Å²) in [5.74, 6) is 0.583. The van der Waals surface area contributed by atoms with E-state index >= 15 is 0 Å². The molecule has 22 heavy (non-hydrogen) atoms. The Kier molecular flexibility index (Phi) is 4.51. The number of benzene rings is 1. The number of pyridine rings is 1. The highest BCUT2D eigenvalue weighted by atomic mass is 35.5. The molecule has 110 valence electrons. The molecule has 0 atom stereocenters. The highest BCUT2D eigenvalue weighted by Gasteiger charge is 2.19. The fourth-order valence-electron chi connectivity index (χ4n) is 2.08. The lowest BCUT2D eigenvalue weighted by atomic mass is 10.2. The van der Waals surface area contributed by atoms with Crippen molar-refractivity contribution in [2.75, 3.05) is 4.90 Å². The van der Waals surface area contributed by atoms with Crippen LogP contribution in [-0.2, 0) is 6.54 Å².